The van der Waals surface area contributed by atoms with Gasteiger partial charge in [-0.1, -0.05) is 25.9 Å². The summed E-state index contributed by atoms with van der Waals surface area (Å²) >= 11 is 0. The highest BCUT2D eigenvalue weighted by molar-refractivity contribution is 5.88. The number of piperidine rings is 1. The highest BCUT2D eigenvalue weighted by Gasteiger charge is 2.34. The number of hydrogen-bond acceptors (Lipinski definition) is 6. The van der Waals surface area contributed by atoms with Gasteiger partial charge in [-0.15, -0.1) is 0 Å². The summed E-state index contributed by atoms with van der Waals surface area (Å²) in [6.07, 6.45) is 1.89. The Morgan fingerprint density at radius 3 is 2.65 bits per heavy atom. The van der Waals surface area contributed by atoms with Crippen molar-refractivity contribution in [1.82, 2.24) is 25.3 Å². The van der Waals surface area contributed by atoms with E-state index >= 15 is 0 Å². The van der Waals surface area contributed by atoms with Crippen LogP contribution in [0.3, 0.4) is 0 Å². The van der Waals surface area contributed by atoms with Crippen LogP contribution in [0.4, 0.5) is 0 Å². The molecule has 8 heteroatoms. The van der Waals surface area contributed by atoms with Crippen molar-refractivity contribution in [3.05, 3.63) is 11.7 Å². The van der Waals surface area contributed by atoms with Gasteiger partial charge in [-0.05, 0) is 19.4 Å². The third kappa shape index (κ3) is 4.06. The van der Waals surface area contributed by atoms with Gasteiger partial charge in [0, 0.05) is 38.0 Å². The van der Waals surface area contributed by atoms with E-state index < -0.39 is 0 Å². The second-order valence-electron chi connectivity index (χ2n) is 7.44. The molecule has 3 rings (SSSR count). The lowest BCUT2D eigenvalue weighted by atomic mass is 9.96. The maximum Gasteiger partial charge on any atom is 0.237 e. The molecule has 2 saturated heterocycles. The van der Waals surface area contributed by atoms with Crippen molar-refractivity contribution in [1.29, 1.82) is 0 Å². The van der Waals surface area contributed by atoms with E-state index in [4.69, 9.17) is 4.52 Å². The van der Waals surface area contributed by atoms with Crippen LogP contribution >= 0.6 is 0 Å². The fourth-order valence-corrected chi connectivity index (χ4v) is 3.68. The molecule has 26 heavy (non-hydrogen) atoms. The molecular formula is C18H29N5O3. The number of likely N-dealkylation sites (N-methyl/N-ethyl adjacent to an activating group) is 1. The SMILES string of the molecule is CCN1CCNC(=O)[C@H]1CC(=O)N1CCC(c2nc(C(C)C)no2)CC1. The Morgan fingerprint density at radius 2 is 2.04 bits per heavy atom. The molecule has 3 heterocycles. The minimum atomic E-state index is -0.344. The van der Waals surface area contributed by atoms with Crippen LogP contribution in [0.1, 0.15) is 63.6 Å². The van der Waals surface area contributed by atoms with Gasteiger partial charge in [-0.3, -0.25) is 14.5 Å². The van der Waals surface area contributed by atoms with Gasteiger partial charge in [0.25, 0.3) is 0 Å². The summed E-state index contributed by atoms with van der Waals surface area (Å²) in [6.45, 7) is 9.68. The lowest BCUT2D eigenvalue weighted by Gasteiger charge is -2.36. The third-order valence-corrected chi connectivity index (χ3v) is 5.39. The maximum absolute atomic E-state index is 12.7. The molecule has 1 N–H and O–H groups in total. The molecule has 2 fully saturated rings. The molecular weight excluding hydrogens is 334 g/mol. The summed E-state index contributed by atoms with van der Waals surface area (Å²) in [5.41, 5.74) is 0. The van der Waals surface area contributed by atoms with Crippen LogP contribution < -0.4 is 5.32 Å². The van der Waals surface area contributed by atoms with Crippen molar-refractivity contribution < 1.29 is 14.1 Å². The summed E-state index contributed by atoms with van der Waals surface area (Å²) in [7, 11) is 0. The highest BCUT2D eigenvalue weighted by atomic mass is 16.5. The number of nitrogens with zero attached hydrogens (tertiary/aromatic N) is 4. The Hall–Kier alpha value is -1.96. The van der Waals surface area contributed by atoms with Gasteiger partial charge < -0.3 is 14.7 Å². The van der Waals surface area contributed by atoms with Crippen LogP contribution in [-0.4, -0.2) is 70.5 Å². The van der Waals surface area contributed by atoms with Gasteiger partial charge in [0.15, 0.2) is 5.82 Å². The first-order valence-electron chi connectivity index (χ1n) is 9.62. The molecule has 2 amide bonds. The number of rotatable bonds is 5. The van der Waals surface area contributed by atoms with E-state index in [2.05, 4.69) is 20.4 Å². The van der Waals surface area contributed by atoms with Gasteiger partial charge in [0.05, 0.1) is 12.5 Å². The summed E-state index contributed by atoms with van der Waals surface area (Å²) in [6, 6.07) is -0.344. The first-order chi connectivity index (χ1) is 12.5. The first-order valence-corrected chi connectivity index (χ1v) is 9.62. The Morgan fingerprint density at radius 1 is 1.31 bits per heavy atom. The Labute approximate surface area is 154 Å². The molecule has 0 bridgehead atoms. The fraction of sp³-hybridized carbons (Fsp3) is 0.778. The molecule has 0 radical (unpaired) electrons. The van der Waals surface area contributed by atoms with Crippen LogP contribution in [-0.2, 0) is 9.59 Å². The van der Waals surface area contributed by atoms with E-state index in [9.17, 15) is 9.59 Å². The minimum absolute atomic E-state index is 0.0339. The number of carbonyl (C=O) groups excluding carboxylic acids is 2. The molecule has 0 unspecified atom stereocenters. The van der Waals surface area contributed by atoms with Gasteiger partial charge in [-0.2, -0.15) is 4.98 Å². The third-order valence-electron chi connectivity index (χ3n) is 5.39. The summed E-state index contributed by atoms with van der Waals surface area (Å²) in [4.78, 5) is 33.2. The predicted molar refractivity (Wildman–Crippen MR) is 95.6 cm³/mol. The van der Waals surface area contributed by atoms with Crippen LogP contribution in [0.5, 0.6) is 0 Å². The van der Waals surface area contributed by atoms with E-state index in [1.807, 2.05) is 25.7 Å². The molecule has 1 aromatic heterocycles. The molecule has 0 aliphatic carbocycles. The monoisotopic (exact) mass is 363 g/mol. The Kier molecular flexibility index (Phi) is 5.90. The van der Waals surface area contributed by atoms with Crippen LogP contribution in [0, 0.1) is 0 Å². The van der Waals surface area contributed by atoms with Crippen LogP contribution in [0.2, 0.25) is 0 Å². The molecule has 2 aliphatic rings. The van der Waals surface area contributed by atoms with Gasteiger partial charge in [0.1, 0.15) is 0 Å². The van der Waals surface area contributed by atoms with Gasteiger partial charge in [-0.25, -0.2) is 0 Å². The largest absolute Gasteiger partial charge is 0.353 e. The summed E-state index contributed by atoms with van der Waals surface area (Å²) in [5.74, 6) is 1.90. The summed E-state index contributed by atoms with van der Waals surface area (Å²) in [5, 5.41) is 6.90. The topological polar surface area (TPSA) is 91.6 Å². The van der Waals surface area contributed by atoms with Crippen molar-refractivity contribution >= 4 is 11.8 Å². The predicted octanol–water partition coefficient (Wildman–Crippen LogP) is 1.11. The van der Waals surface area contributed by atoms with E-state index in [1.54, 1.807) is 0 Å². The second-order valence-corrected chi connectivity index (χ2v) is 7.44. The zero-order valence-electron chi connectivity index (χ0n) is 15.9. The van der Waals surface area contributed by atoms with Crippen molar-refractivity contribution in [2.24, 2.45) is 0 Å². The lowest BCUT2D eigenvalue weighted by molar-refractivity contribution is -0.139. The number of nitrogens with one attached hydrogen (secondary N) is 1. The zero-order chi connectivity index (χ0) is 18.7. The number of likely N-dealkylation sites (tertiary alicyclic amines) is 1. The summed E-state index contributed by atoms with van der Waals surface area (Å²) < 4.78 is 5.40. The molecule has 1 atom stereocenters. The van der Waals surface area contributed by atoms with Crippen LogP contribution in [0.15, 0.2) is 4.52 Å². The zero-order valence-corrected chi connectivity index (χ0v) is 15.9. The molecule has 8 nitrogen and oxygen atoms in total. The number of aromatic nitrogens is 2. The standard InChI is InChI=1S/C18H29N5O3/c1-4-22-10-7-19-17(25)14(22)11-15(24)23-8-5-13(6-9-23)18-20-16(12(2)3)21-26-18/h12-14H,4-11H2,1-3H3,(H,19,25)/t14-/m1/s1. The molecule has 1 aromatic rings. The molecule has 0 saturated carbocycles. The number of piperazine rings is 1. The number of hydrogen-bond donors (Lipinski definition) is 1. The smallest absolute Gasteiger partial charge is 0.237 e. The van der Waals surface area contributed by atoms with Gasteiger partial charge in [0.2, 0.25) is 17.7 Å². The molecule has 144 valence electrons. The maximum atomic E-state index is 12.7. The van der Waals surface area contributed by atoms with Crippen molar-refractivity contribution in [3.63, 3.8) is 0 Å². The quantitative estimate of drug-likeness (QED) is 0.843. The molecule has 2 aliphatic heterocycles. The fourth-order valence-electron chi connectivity index (χ4n) is 3.68. The van der Waals surface area contributed by atoms with E-state index in [0.29, 0.717) is 25.5 Å². The van der Waals surface area contributed by atoms with E-state index in [-0.39, 0.29) is 36.1 Å². The minimum Gasteiger partial charge on any atom is -0.353 e. The van der Waals surface area contributed by atoms with E-state index in [0.717, 1.165) is 31.8 Å². The van der Waals surface area contributed by atoms with Gasteiger partial charge >= 0.3 is 0 Å². The average molecular weight is 363 g/mol. The van der Waals surface area contributed by atoms with Crippen LogP contribution in [0.25, 0.3) is 0 Å². The first kappa shape index (κ1) is 18.8. The Bertz CT molecular complexity index is 637. The Balaban J connectivity index is 1.53. The number of amides is 2. The molecule has 0 aromatic carbocycles. The number of carbonyl (C=O) groups is 2. The lowest BCUT2D eigenvalue weighted by Crippen LogP contribution is -2.56. The van der Waals surface area contributed by atoms with Crippen molar-refractivity contribution in [2.45, 2.75) is 57.9 Å². The normalized spacial score (nSPS) is 22.7. The average Bonchev–Trinajstić information content (AvgIpc) is 3.14. The second kappa shape index (κ2) is 8.16. The van der Waals surface area contributed by atoms with Crippen molar-refractivity contribution in [2.75, 3.05) is 32.7 Å². The van der Waals surface area contributed by atoms with Crippen molar-refractivity contribution in [3.8, 4) is 0 Å². The highest BCUT2D eigenvalue weighted by Crippen LogP contribution is 2.28. The molecule has 0 spiro atoms. The van der Waals surface area contributed by atoms with E-state index in [1.165, 1.54) is 0 Å².